The lowest BCUT2D eigenvalue weighted by Gasteiger charge is -2.17. The Bertz CT molecular complexity index is 708. The van der Waals surface area contributed by atoms with Gasteiger partial charge in [0.2, 0.25) is 11.8 Å². The van der Waals surface area contributed by atoms with Gasteiger partial charge >= 0.3 is 0 Å². The molecule has 2 N–H and O–H groups in total. The summed E-state index contributed by atoms with van der Waals surface area (Å²) in [5.74, 6) is -0.0532. The predicted molar refractivity (Wildman–Crippen MR) is 109 cm³/mol. The molecule has 0 aliphatic heterocycles. The summed E-state index contributed by atoms with van der Waals surface area (Å²) in [6, 6.07) is 17.7. The van der Waals surface area contributed by atoms with Crippen LogP contribution in [0, 0.1) is 0 Å². The van der Waals surface area contributed by atoms with Crippen LogP contribution in [0.4, 0.5) is 0 Å². The number of hydrogen-bond donors (Lipinski definition) is 2. The molecule has 4 nitrogen and oxygen atoms in total. The molecule has 0 aliphatic carbocycles. The first kappa shape index (κ1) is 20.3. The van der Waals surface area contributed by atoms with Crippen LogP contribution in [-0.2, 0) is 9.59 Å². The Morgan fingerprint density at radius 3 is 2.27 bits per heavy atom. The van der Waals surface area contributed by atoms with Crippen LogP contribution in [0.15, 0.2) is 54.6 Å². The number of benzene rings is 2. The quantitative estimate of drug-likeness (QED) is 0.684. The fourth-order valence-electron chi connectivity index (χ4n) is 2.37. The van der Waals surface area contributed by atoms with Gasteiger partial charge in [0.25, 0.3) is 0 Å². The van der Waals surface area contributed by atoms with Crippen LogP contribution >= 0.6 is 23.4 Å². The molecule has 0 spiro atoms. The van der Waals surface area contributed by atoms with Crippen LogP contribution in [0.25, 0.3) is 0 Å². The first-order chi connectivity index (χ1) is 12.6. The average Bonchev–Trinajstić information content (AvgIpc) is 2.67. The van der Waals surface area contributed by atoms with Gasteiger partial charge in [-0.2, -0.15) is 0 Å². The van der Waals surface area contributed by atoms with E-state index >= 15 is 0 Å². The van der Waals surface area contributed by atoms with E-state index in [-0.39, 0.29) is 29.4 Å². The summed E-state index contributed by atoms with van der Waals surface area (Å²) in [6.07, 6.45) is 0.870. The SMILES string of the molecule is CCCNC(=O)CNC(=O)CSC(c1ccccc1)c1ccc(Cl)cc1. The van der Waals surface area contributed by atoms with Crippen molar-refractivity contribution in [1.29, 1.82) is 0 Å². The fourth-order valence-corrected chi connectivity index (χ4v) is 3.61. The second-order valence-corrected chi connectivity index (χ2v) is 7.31. The van der Waals surface area contributed by atoms with Crippen molar-refractivity contribution in [3.05, 3.63) is 70.7 Å². The van der Waals surface area contributed by atoms with Crippen molar-refractivity contribution >= 4 is 35.2 Å². The van der Waals surface area contributed by atoms with E-state index < -0.39 is 0 Å². The van der Waals surface area contributed by atoms with Crippen molar-refractivity contribution in [2.24, 2.45) is 0 Å². The van der Waals surface area contributed by atoms with Crippen molar-refractivity contribution in [2.75, 3.05) is 18.8 Å². The summed E-state index contributed by atoms with van der Waals surface area (Å²) in [5.41, 5.74) is 2.20. The average molecular weight is 391 g/mol. The van der Waals surface area contributed by atoms with Gasteiger partial charge in [0.05, 0.1) is 17.5 Å². The van der Waals surface area contributed by atoms with Crippen LogP contribution in [-0.4, -0.2) is 30.7 Å². The van der Waals surface area contributed by atoms with Crippen molar-refractivity contribution in [3.63, 3.8) is 0 Å². The summed E-state index contributed by atoms with van der Waals surface area (Å²) < 4.78 is 0. The smallest absolute Gasteiger partial charge is 0.239 e. The van der Waals surface area contributed by atoms with Crippen LogP contribution in [0.3, 0.4) is 0 Å². The minimum Gasteiger partial charge on any atom is -0.355 e. The molecule has 0 heterocycles. The zero-order valence-corrected chi connectivity index (χ0v) is 16.3. The molecule has 2 aromatic carbocycles. The topological polar surface area (TPSA) is 58.2 Å². The number of rotatable bonds is 9. The molecular weight excluding hydrogens is 368 g/mol. The van der Waals surface area contributed by atoms with Crippen molar-refractivity contribution < 1.29 is 9.59 Å². The summed E-state index contributed by atoms with van der Waals surface area (Å²) in [4.78, 5) is 23.7. The molecule has 2 amide bonds. The highest BCUT2D eigenvalue weighted by Crippen LogP contribution is 2.35. The third kappa shape index (κ3) is 6.73. The van der Waals surface area contributed by atoms with Crippen LogP contribution in [0.1, 0.15) is 29.7 Å². The van der Waals surface area contributed by atoms with Gasteiger partial charge in [-0.25, -0.2) is 0 Å². The highest BCUT2D eigenvalue weighted by atomic mass is 35.5. The molecule has 1 unspecified atom stereocenters. The van der Waals surface area contributed by atoms with Crippen LogP contribution in [0.5, 0.6) is 0 Å². The number of carbonyl (C=O) groups is 2. The fraction of sp³-hybridized carbons (Fsp3) is 0.300. The molecule has 0 saturated heterocycles. The molecule has 0 radical (unpaired) electrons. The maximum Gasteiger partial charge on any atom is 0.239 e. The minimum absolute atomic E-state index is 0.0103. The third-order valence-electron chi connectivity index (χ3n) is 3.67. The monoisotopic (exact) mass is 390 g/mol. The Kier molecular flexibility index (Phi) is 8.51. The Morgan fingerprint density at radius 2 is 1.62 bits per heavy atom. The molecule has 0 bridgehead atoms. The lowest BCUT2D eigenvalue weighted by Crippen LogP contribution is -2.37. The van der Waals surface area contributed by atoms with E-state index in [0.29, 0.717) is 11.6 Å². The number of thioether (sulfide) groups is 1. The van der Waals surface area contributed by atoms with Gasteiger partial charge in [-0.3, -0.25) is 9.59 Å². The summed E-state index contributed by atoms with van der Waals surface area (Å²) in [5, 5.41) is 6.11. The zero-order chi connectivity index (χ0) is 18.8. The first-order valence-corrected chi connectivity index (χ1v) is 9.98. The van der Waals surface area contributed by atoms with E-state index in [9.17, 15) is 9.59 Å². The largest absolute Gasteiger partial charge is 0.355 e. The minimum atomic E-state index is -0.164. The van der Waals surface area contributed by atoms with Crippen molar-refractivity contribution in [3.8, 4) is 0 Å². The van der Waals surface area contributed by atoms with Crippen LogP contribution < -0.4 is 10.6 Å². The van der Waals surface area contributed by atoms with Crippen molar-refractivity contribution in [1.82, 2.24) is 10.6 Å². The predicted octanol–water partition coefficient (Wildman–Crippen LogP) is 3.81. The molecule has 0 aliphatic rings. The van der Waals surface area contributed by atoms with E-state index in [1.807, 2.05) is 61.5 Å². The van der Waals surface area contributed by atoms with Gasteiger partial charge in [-0.05, 0) is 29.7 Å². The molecule has 138 valence electrons. The number of halogens is 1. The Balaban J connectivity index is 1.96. The summed E-state index contributed by atoms with van der Waals surface area (Å²) >= 11 is 7.51. The first-order valence-electron chi connectivity index (χ1n) is 8.55. The Labute approximate surface area is 163 Å². The standard InChI is InChI=1S/C20H23ClN2O2S/c1-2-12-22-18(24)13-23-19(25)14-26-20(15-6-4-3-5-7-15)16-8-10-17(21)11-9-16/h3-11,20H,2,12-14H2,1H3,(H,22,24)(H,23,25). The molecule has 26 heavy (non-hydrogen) atoms. The highest BCUT2D eigenvalue weighted by molar-refractivity contribution is 8.00. The maximum absolute atomic E-state index is 12.1. The van der Waals surface area contributed by atoms with Gasteiger partial charge in [-0.1, -0.05) is 61.0 Å². The molecule has 1 atom stereocenters. The van der Waals surface area contributed by atoms with Gasteiger partial charge in [0, 0.05) is 11.6 Å². The van der Waals surface area contributed by atoms with E-state index in [2.05, 4.69) is 10.6 Å². The lowest BCUT2D eigenvalue weighted by atomic mass is 10.0. The number of amides is 2. The van der Waals surface area contributed by atoms with Gasteiger partial charge < -0.3 is 10.6 Å². The lowest BCUT2D eigenvalue weighted by molar-refractivity contribution is -0.124. The van der Waals surface area contributed by atoms with E-state index in [1.165, 1.54) is 11.8 Å². The number of carbonyl (C=O) groups excluding carboxylic acids is 2. The molecule has 0 saturated carbocycles. The van der Waals surface area contributed by atoms with E-state index in [4.69, 9.17) is 11.6 Å². The second-order valence-electron chi connectivity index (χ2n) is 5.78. The normalized spacial score (nSPS) is 11.6. The summed E-state index contributed by atoms with van der Waals surface area (Å²) in [7, 11) is 0. The highest BCUT2D eigenvalue weighted by Gasteiger charge is 2.16. The molecular formula is C20H23ClN2O2S. The van der Waals surface area contributed by atoms with Gasteiger partial charge in [0.1, 0.15) is 0 Å². The Hall–Kier alpha value is -1.98. The zero-order valence-electron chi connectivity index (χ0n) is 14.7. The second kappa shape index (κ2) is 10.9. The van der Waals surface area contributed by atoms with Crippen molar-refractivity contribution in [2.45, 2.75) is 18.6 Å². The molecule has 2 rings (SSSR count). The maximum atomic E-state index is 12.1. The van der Waals surface area contributed by atoms with E-state index in [1.54, 1.807) is 0 Å². The molecule has 0 aromatic heterocycles. The van der Waals surface area contributed by atoms with Crippen LogP contribution in [0.2, 0.25) is 5.02 Å². The molecule has 6 heteroatoms. The summed E-state index contributed by atoms with van der Waals surface area (Å²) in [6.45, 7) is 2.61. The molecule has 2 aromatic rings. The van der Waals surface area contributed by atoms with E-state index in [0.717, 1.165) is 17.5 Å². The van der Waals surface area contributed by atoms with Gasteiger partial charge in [0.15, 0.2) is 0 Å². The Morgan fingerprint density at radius 1 is 0.962 bits per heavy atom. The number of nitrogens with one attached hydrogen (secondary N) is 2. The van der Waals surface area contributed by atoms with Gasteiger partial charge in [-0.15, -0.1) is 11.8 Å². The third-order valence-corrected chi connectivity index (χ3v) is 5.23. The molecule has 0 fully saturated rings. The number of hydrogen-bond acceptors (Lipinski definition) is 3.